The molecule has 0 aromatic carbocycles. The SMILES string of the molecule is CC1C=C(C2=CC=C(OCC[C@@H]3C=CC=C(C4CC4C(=O)O)C3)CC2)CCN1. The molecule has 4 rings (SSSR count). The third kappa shape index (κ3) is 4.67. The summed E-state index contributed by atoms with van der Waals surface area (Å²) < 4.78 is 6.05. The van der Waals surface area contributed by atoms with Crippen molar-refractivity contribution in [3.8, 4) is 0 Å². The zero-order valence-corrected chi connectivity index (χ0v) is 16.7. The van der Waals surface area contributed by atoms with Crippen LogP contribution in [0.5, 0.6) is 0 Å². The lowest BCUT2D eigenvalue weighted by Gasteiger charge is -2.24. The van der Waals surface area contributed by atoms with E-state index < -0.39 is 5.97 Å². The predicted octanol–water partition coefficient (Wildman–Crippen LogP) is 4.53. The maximum Gasteiger partial charge on any atom is 0.307 e. The van der Waals surface area contributed by atoms with Gasteiger partial charge in [-0.2, -0.15) is 0 Å². The van der Waals surface area contributed by atoms with Gasteiger partial charge >= 0.3 is 5.97 Å². The molecule has 4 nitrogen and oxygen atoms in total. The fourth-order valence-electron chi connectivity index (χ4n) is 4.62. The quantitative estimate of drug-likeness (QED) is 0.680. The van der Waals surface area contributed by atoms with Crippen molar-refractivity contribution in [2.24, 2.45) is 17.8 Å². The van der Waals surface area contributed by atoms with E-state index in [1.165, 1.54) is 16.7 Å². The third-order valence-electron chi connectivity index (χ3n) is 6.39. The van der Waals surface area contributed by atoms with Crippen LogP contribution in [-0.4, -0.2) is 30.3 Å². The summed E-state index contributed by atoms with van der Waals surface area (Å²) >= 11 is 0. The second kappa shape index (κ2) is 8.52. The molecule has 0 aromatic heterocycles. The summed E-state index contributed by atoms with van der Waals surface area (Å²) in [4.78, 5) is 11.1. The van der Waals surface area contributed by atoms with Gasteiger partial charge in [-0.1, -0.05) is 36.0 Å². The van der Waals surface area contributed by atoms with Gasteiger partial charge in [-0.25, -0.2) is 0 Å². The topological polar surface area (TPSA) is 58.6 Å². The number of carbonyl (C=O) groups is 1. The molecule has 1 aliphatic heterocycles. The van der Waals surface area contributed by atoms with Gasteiger partial charge in [-0.15, -0.1) is 0 Å². The molecule has 1 heterocycles. The fraction of sp³-hybridized carbons (Fsp3) is 0.542. The largest absolute Gasteiger partial charge is 0.498 e. The van der Waals surface area contributed by atoms with E-state index in [1.807, 2.05) is 0 Å². The van der Waals surface area contributed by atoms with Gasteiger partial charge in [-0.3, -0.25) is 4.79 Å². The Morgan fingerprint density at radius 2 is 2.11 bits per heavy atom. The molecular weight excluding hydrogens is 350 g/mol. The second-order valence-corrected chi connectivity index (χ2v) is 8.52. The van der Waals surface area contributed by atoms with Crippen molar-refractivity contribution in [2.45, 2.75) is 51.5 Å². The Morgan fingerprint density at radius 3 is 2.82 bits per heavy atom. The van der Waals surface area contributed by atoms with Gasteiger partial charge in [0.2, 0.25) is 0 Å². The van der Waals surface area contributed by atoms with E-state index in [4.69, 9.17) is 9.84 Å². The Labute approximate surface area is 167 Å². The molecule has 2 N–H and O–H groups in total. The molecule has 150 valence electrons. The van der Waals surface area contributed by atoms with Crippen LogP contribution < -0.4 is 5.32 Å². The first-order chi connectivity index (χ1) is 13.6. The molecule has 0 radical (unpaired) electrons. The molecular formula is C24H31NO3. The minimum Gasteiger partial charge on any atom is -0.498 e. The Bertz CT molecular complexity index is 771. The number of carboxylic acids is 1. The van der Waals surface area contributed by atoms with Crippen LogP contribution in [0.4, 0.5) is 0 Å². The molecule has 4 aliphatic rings. The number of allylic oxidation sites excluding steroid dienone is 8. The maximum absolute atomic E-state index is 11.1. The summed E-state index contributed by atoms with van der Waals surface area (Å²) in [6.45, 7) is 4.00. The van der Waals surface area contributed by atoms with Crippen LogP contribution >= 0.6 is 0 Å². The number of rotatable bonds is 7. The van der Waals surface area contributed by atoms with Crippen LogP contribution in [0.25, 0.3) is 0 Å². The van der Waals surface area contributed by atoms with Crippen molar-refractivity contribution >= 4 is 5.97 Å². The summed E-state index contributed by atoms with van der Waals surface area (Å²) in [5.41, 5.74) is 4.27. The summed E-state index contributed by atoms with van der Waals surface area (Å²) in [5.74, 6) is 1.03. The second-order valence-electron chi connectivity index (χ2n) is 8.52. The minimum atomic E-state index is -0.647. The van der Waals surface area contributed by atoms with Gasteiger partial charge in [0.25, 0.3) is 0 Å². The molecule has 3 aliphatic carbocycles. The van der Waals surface area contributed by atoms with Gasteiger partial charge < -0.3 is 15.2 Å². The highest BCUT2D eigenvalue weighted by molar-refractivity contribution is 5.74. The smallest absolute Gasteiger partial charge is 0.307 e. The van der Waals surface area contributed by atoms with Crippen molar-refractivity contribution < 1.29 is 14.6 Å². The summed E-state index contributed by atoms with van der Waals surface area (Å²) in [5, 5.41) is 12.6. The first-order valence-corrected chi connectivity index (χ1v) is 10.7. The maximum atomic E-state index is 11.1. The van der Waals surface area contributed by atoms with Gasteiger partial charge in [0.1, 0.15) is 0 Å². The van der Waals surface area contributed by atoms with Crippen molar-refractivity contribution in [1.29, 1.82) is 0 Å². The van der Waals surface area contributed by atoms with Crippen LogP contribution in [0.3, 0.4) is 0 Å². The fourth-order valence-corrected chi connectivity index (χ4v) is 4.62. The van der Waals surface area contributed by atoms with Gasteiger partial charge in [0.05, 0.1) is 18.3 Å². The normalized spacial score (nSPS) is 32.0. The number of nitrogens with one attached hydrogen (secondary N) is 1. The highest BCUT2D eigenvalue weighted by Crippen LogP contribution is 2.47. The van der Waals surface area contributed by atoms with Crippen molar-refractivity contribution in [2.75, 3.05) is 13.2 Å². The molecule has 0 aromatic rings. The minimum absolute atomic E-state index is 0.152. The lowest BCUT2D eigenvalue weighted by molar-refractivity contribution is -0.138. The molecule has 4 atom stereocenters. The van der Waals surface area contributed by atoms with E-state index in [9.17, 15) is 4.79 Å². The average molecular weight is 382 g/mol. The molecule has 0 saturated heterocycles. The number of carboxylic acid groups (broad SMARTS) is 1. The van der Waals surface area contributed by atoms with E-state index in [0.717, 1.165) is 57.4 Å². The van der Waals surface area contributed by atoms with E-state index in [2.05, 4.69) is 48.7 Å². The monoisotopic (exact) mass is 381 g/mol. The zero-order valence-electron chi connectivity index (χ0n) is 16.7. The van der Waals surface area contributed by atoms with Gasteiger partial charge in [-0.05, 0) is 74.6 Å². The Morgan fingerprint density at radius 1 is 1.21 bits per heavy atom. The standard InChI is InChI=1S/C24H31NO3/c1-16-13-19(9-11-25-16)18-5-7-21(8-6-18)28-12-10-17-3-2-4-20(14-17)22-15-23(22)24(26)27/h2-5,7,13,16-17,22-23,25H,6,8-12,14-15H2,1H3,(H,26,27)/t16?,17-,22?,23?/m0/s1. The van der Waals surface area contributed by atoms with E-state index in [-0.39, 0.29) is 11.8 Å². The molecule has 4 heteroatoms. The van der Waals surface area contributed by atoms with Crippen LogP contribution in [-0.2, 0) is 9.53 Å². The predicted molar refractivity (Wildman–Crippen MR) is 111 cm³/mol. The lowest BCUT2D eigenvalue weighted by atomic mass is 9.89. The third-order valence-corrected chi connectivity index (χ3v) is 6.39. The van der Waals surface area contributed by atoms with E-state index in [1.54, 1.807) is 0 Å². The number of hydrogen-bond acceptors (Lipinski definition) is 3. The van der Waals surface area contributed by atoms with E-state index >= 15 is 0 Å². The molecule has 1 fully saturated rings. The lowest BCUT2D eigenvalue weighted by Crippen LogP contribution is -2.30. The highest BCUT2D eigenvalue weighted by atomic mass is 16.5. The Balaban J connectivity index is 1.22. The molecule has 28 heavy (non-hydrogen) atoms. The van der Waals surface area contributed by atoms with Crippen molar-refractivity contribution in [1.82, 2.24) is 5.32 Å². The number of aliphatic carboxylic acids is 1. The van der Waals surface area contributed by atoms with Crippen LogP contribution in [0.1, 0.15) is 45.4 Å². The van der Waals surface area contributed by atoms with Crippen LogP contribution in [0, 0.1) is 17.8 Å². The van der Waals surface area contributed by atoms with Crippen LogP contribution in [0.15, 0.2) is 58.9 Å². The van der Waals surface area contributed by atoms with Crippen LogP contribution in [0.2, 0.25) is 0 Å². The summed E-state index contributed by atoms with van der Waals surface area (Å²) in [7, 11) is 0. The van der Waals surface area contributed by atoms with Gasteiger partial charge in [0, 0.05) is 12.5 Å². The highest BCUT2D eigenvalue weighted by Gasteiger charge is 2.45. The molecule has 0 amide bonds. The zero-order chi connectivity index (χ0) is 19.5. The number of hydrogen-bond donors (Lipinski definition) is 2. The van der Waals surface area contributed by atoms with Crippen molar-refractivity contribution in [3.63, 3.8) is 0 Å². The molecule has 0 spiro atoms. The Hall–Kier alpha value is -2.07. The summed E-state index contributed by atoms with van der Waals surface area (Å²) in [6.07, 6.45) is 19.2. The number of ether oxygens (including phenoxy) is 1. The van der Waals surface area contributed by atoms with E-state index in [0.29, 0.717) is 12.0 Å². The summed E-state index contributed by atoms with van der Waals surface area (Å²) in [6, 6.07) is 0.468. The molecule has 1 saturated carbocycles. The first-order valence-electron chi connectivity index (χ1n) is 10.7. The van der Waals surface area contributed by atoms with Crippen molar-refractivity contribution in [3.05, 3.63) is 58.9 Å². The Kier molecular flexibility index (Phi) is 5.86. The van der Waals surface area contributed by atoms with Gasteiger partial charge in [0.15, 0.2) is 0 Å². The molecule has 3 unspecified atom stereocenters. The average Bonchev–Trinajstić information content (AvgIpc) is 3.50. The molecule has 0 bridgehead atoms. The first kappa shape index (κ1) is 19.3.